The minimum atomic E-state index is -2.91. The molecule has 4 aliphatic rings. The molecule has 1 aromatic carbocycles. The summed E-state index contributed by atoms with van der Waals surface area (Å²) >= 11 is 0. The van der Waals surface area contributed by atoms with Gasteiger partial charge in [-0.3, -0.25) is 34.0 Å². The molecule has 17 heteroatoms. The number of pyridine rings is 1. The maximum absolute atomic E-state index is 14.7. The van der Waals surface area contributed by atoms with Crippen molar-refractivity contribution in [1.82, 2.24) is 39.7 Å². The van der Waals surface area contributed by atoms with E-state index in [1.54, 1.807) is 33.9 Å². The molecule has 1 unspecified atom stereocenters. The number of hydrogen-bond donors (Lipinski definition) is 2. The quantitative estimate of drug-likeness (QED) is 0.0935. The van der Waals surface area contributed by atoms with Gasteiger partial charge in [0.05, 0.1) is 34.7 Å². The summed E-state index contributed by atoms with van der Waals surface area (Å²) in [6.07, 6.45) is 11.0. The van der Waals surface area contributed by atoms with Gasteiger partial charge in [0.2, 0.25) is 5.91 Å². The van der Waals surface area contributed by atoms with E-state index < -0.39 is 24.1 Å². The van der Waals surface area contributed by atoms with Crippen LogP contribution in [0.15, 0.2) is 59.8 Å². The summed E-state index contributed by atoms with van der Waals surface area (Å²) in [4.78, 5) is 50.3. The first-order chi connectivity index (χ1) is 30.2. The normalized spacial score (nSPS) is 21.2. The second kappa shape index (κ2) is 18.2. The van der Waals surface area contributed by atoms with Gasteiger partial charge >= 0.3 is 0 Å². The average molecular weight is 849 g/mol. The summed E-state index contributed by atoms with van der Waals surface area (Å²) in [6, 6.07) is 8.48. The molecule has 2 saturated heterocycles. The van der Waals surface area contributed by atoms with E-state index in [1.807, 2.05) is 25.1 Å². The molecule has 0 radical (unpaired) electrons. The van der Waals surface area contributed by atoms with Gasteiger partial charge in [-0.05, 0) is 94.7 Å². The van der Waals surface area contributed by atoms with Gasteiger partial charge in [0.15, 0.2) is 17.8 Å². The Balaban J connectivity index is 0.779. The lowest BCUT2D eigenvalue weighted by molar-refractivity contribution is -0.135. The Bertz CT molecular complexity index is 2470. The summed E-state index contributed by atoms with van der Waals surface area (Å²) in [6.45, 7) is 5.80. The molecule has 62 heavy (non-hydrogen) atoms. The van der Waals surface area contributed by atoms with Crippen LogP contribution in [-0.2, 0) is 14.3 Å². The Kier molecular flexibility index (Phi) is 12.1. The van der Waals surface area contributed by atoms with Crippen LogP contribution in [-0.4, -0.2) is 91.0 Å². The number of anilines is 3. The second-order valence-electron chi connectivity index (χ2n) is 16.9. The topological polar surface area (TPSA) is 166 Å². The Morgan fingerprint density at radius 2 is 1.84 bits per heavy atom. The van der Waals surface area contributed by atoms with E-state index >= 15 is 0 Å². The Morgan fingerprint density at radius 1 is 1.03 bits per heavy atom. The number of aromatic nitrogens is 6. The van der Waals surface area contributed by atoms with Crippen LogP contribution < -0.4 is 15.5 Å². The lowest BCUT2D eigenvalue weighted by Gasteiger charge is -2.36. The van der Waals surface area contributed by atoms with Crippen LogP contribution in [0.2, 0.25) is 0 Å². The zero-order chi connectivity index (χ0) is 42.7. The number of fused-ring (bicyclic) bond motifs is 1. The summed E-state index contributed by atoms with van der Waals surface area (Å²) in [7, 11) is 0. The van der Waals surface area contributed by atoms with Crippen LogP contribution >= 0.6 is 0 Å². The van der Waals surface area contributed by atoms with Crippen molar-refractivity contribution < 1.29 is 32.3 Å². The Hall–Kier alpha value is -5.99. The largest absolute Gasteiger partial charge is 0.451 e. The van der Waals surface area contributed by atoms with Gasteiger partial charge in [0.1, 0.15) is 24.7 Å². The van der Waals surface area contributed by atoms with Crippen molar-refractivity contribution in [3.8, 4) is 11.8 Å². The monoisotopic (exact) mass is 848 g/mol. The maximum atomic E-state index is 14.7. The van der Waals surface area contributed by atoms with Crippen molar-refractivity contribution in [1.29, 1.82) is 0 Å². The van der Waals surface area contributed by atoms with Crippen molar-refractivity contribution in [2.75, 3.05) is 43.0 Å². The molecule has 15 nitrogen and oxygen atoms in total. The fourth-order valence-corrected chi connectivity index (χ4v) is 9.08. The number of carbonyl (C=O) groups is 3. The number of nitrogens with zero attached hydrogens (tertiary/aromatic N) is 8. The van der Waals surface area contributed by atoms with Gasteiger partial charge in [0.25, 0.3) is 18.2 Å². The predicted octanol–water partition coefficient (Wildman–Crippen LogP) is 6.90. The SMILES string of the molecule is Cc1nn(C2CCC(=O)NC2=O)c2cccc(C#CCOC3CCN(CC4CCC(n5cc(N(C(=O)c6cocn6)c6ccnc(NCC7CC7)c6)c(C(F)F)n5)CC4)CC3)c12. The molecule has 1 atom stereocenters. The van der Waals surface area contributed by atoms with Crippen LogP contribution in [0.4, 0.5) is 26.0 Å². The number of likely N-dealkylation sites (tertiary alicyclic amines) is 1. The van der Waals surface area contributed by atoms with Crippen LogP contribution in [0.25, 0.3) is 10.9 Å². The molecule has 9 rings (SSSR count). The van der Waals surface area contributed by atoms with E-state index in [4.69, 9.17) is 9.15 Å². The third kappa shape index (κ3) is 9.12. The molecule has 2 N–H and O–H groups in total. The minimum absolute atomic E-state index is 0.00781. The molecule has 4 fully saturated rings. The minimum Gasteiger partial charge on any atom is -0.451 e. The number of aryl methyl sites for hydroxylation is 1. The van der Waals surface area contributed by atoms with Crippen molar-refractivity contribution in [2.24, 2.45) is 11.8 Å². The van der Waals surface area contributed by atoms with Gasteiger partial charge < -0.3 is 19.4 Å². The molecule has 2 aliphatic heterocycles. The number of ether oxygens (including phenoxy) is 1. The van der Waals surface area contributed by atoms with Gasteiger partial charge in [-0.15, -0.1) is 0 Å². The molecule has 6 heterocycles. The number of carbonyl (C=O) groups excluding carboxylic acids is 3. The molecule has 3 amide bonds. The van der Waals surface area contributed by atoms with Gasteiger partial charge in [-0.1, -0.05) is 17.9 Å². The van der Waals surface area contributed by atoms with E-state index in [0.717, 1.165) is 106 Å². The van der Waals surface area contributed by atoms with Gasteiger partial charge in [-0.25, -0.2) is 18.7 Å². The van der Waals surface area contributed by atoms with Crippen molar-refractivity contribution >= 4 is 45.8 Å². The Labute approximate surface area is 357 Å². The maximum Gasteiger partial charge on any atom is 0.284 e. The summed E-state index contributed by atoms with van der Waals surface area (Å²) in [5.74, 6) is 6.88. The van der Waals surface area contributed by atoms with Crippen molar-refractivity contribution in [3.05, 3.63) is 78.0 Å². The number of hydrogen-bond acceptors (Lipinski definition) is 11. The summed E-state index contributed by atoms with van der Waals surface area (Å²) in [5.41, 5.74) is 2.33. The van der Waals surface area contributed by atoms with Crippen LogP contribution in [0.3, 0.4) is 0 Å². The lowest BCUT2D eigenvalue weighted by Crippen LogP contribution is -2.42. The van der Waals surface area contributed by atoms with E-state index in [1.165, 1.54) is 11.2 Å². The number of rotatable bonds is 13. The fraction of sp³-hybridized carbons (Fsp3) is 0.489. The third-order valence-corrected chi connectivity index (χ3v) is 12.6. The first kappa shape index (κ1) is 41.4. The molecule has 5 aromatic rings. The van der Waals surface area contributed by atoms with Gasteiger partial charge in [0, 0.05) is 62.0 Å². The van der Waals surface area contributed by atoms with Crippen LogP contribution in [0, 0.1) is 30.6 Å². The highest BCUT2D eigenvalue weighted by atomic mass is 19.3. The second-order valence-corrected chi connectivity index (χ2v) is 16.9. The molecule has 0 bridgehead atoms. The number of imide groups is 1. The number of halogens is 2. The average Bonchev–Trinajstić information content (AvgIpc) is 3.58. The summed E-state index contributed by atoms with van der Waals surface area (Å²) in [5, 5.41) is 15.7. The number of alkyl halides is 2. The molecule has 0 spiro atoms. The highest BCUT2D eigenvalue weighted by Gasteiger charge is 2.34. The van der Waals surface area contributed by atoms with E-state index in [9.17, 15) is 23.2 Å². The zero-order valence-electron chi connectivity index (χ0n) is 34.6. The summed E-state index contributed by atoms with van der Waals surface area (Å²) < 4.78 is 44.1. The molecule has 2 saturated carbocycles. The number of benzene rings is 1. The molecule has 324 valence electrons. The van der Waals surface area contributed by atoms with E-state index in [2.05, 4.69) is 47.5 Å². The highest BCUT2D eigenvalue weighted by molar-refractivity contribution is 6.10. The first-order valence-electron chi connectivity index (χ1n) is 21.6. The lowest BCUT2D eigenvalue weighted by atomic mass is 9.85. The van der Waals surface area contributed by atoms with Crippen LogP contribution in [0.5, 0.6) is 0 Å². The van der Waals surface area contributed by atoms with E-state index in [-0.39, 0.29) is 41.8 Å². The van der Waals surface area contributed by atoms with E-state index in [0.29, 0.717) is 36.4 Å². The number of piperidine rings is 2. The number of amides is 3. The molecule has 4 aromatic heterocycles. The van der Waals surface area contributed by atoms with Crippen LogP contribution in [0.1, 0.15) is 110 Å². The number of nitrogens with one attached hydrogen (secondary N) is 2. The molecule has 2 aliphatic carbocycles. The third-order valence-electron chi connectivity index (χ3n) is 12.6. The first-order valence-corrected chi connectivity index (χ1v) is 21.6. The number of oxazole rings is 1. The smallest absolute Gasteiger partial charge is 0.284 e. The standard InChI is InChI=1S/C45H50F2N10O5/c1-28-41-31(4-2-6-36(41)57(52-28)37-13-14-40(58)51-44(37)59)5-3-21-62-34-16-19-54(20-17-34)24-30-9-11-32(12-10-30)55-25-38(42(53-55)43(46)47)56(45(60)35-26-61-27-50-35)33-15-18-48-39(22-33)49-23-29-7-8-29/h2,4,6,15,18,22,25-27,29-30,32,34,37,43H,7-14,16-17,19-21,23-24H2,1H3,(H,48,49)(H,51,58,59). The highest BCUT2D eigenvalue weighted by Crippen LogP contribution is 2.40. The predicted molar refractivity (Wildman–Crippen MR) is 225 cm³/mol. The van der Waals surface area contributed by atoms with Crippen molar-refractivity contribution in [2.45, 2.75) is 95.7 Å². The molecular formula is C45H50F2N10O5. The van der Waals surface area contributed by atoms with Gasteiger partial charge in [-0.2, -0.15) is 10.2 Å². The van der Waals surface area contributed by atoms with Crippen molar-refractivity contribution in [3.63, 3.8) is 0 Å². The zero-order valence-corrected chi connectivity index (χ0v) is 34.6. The molecular weight excluding hydrogens is 799 g/mol. The fourth-order valence-electron chi connectivity index (χ4n) is 9.08. The Morgan fingerprint density at radius 3 is 2.58 bits per heavy atom.